The van der Waals surface area contributed by atoms with Gasteiger partial charge in [-0.2, -0.15) is 0 Å². The summed E-state index contributed by atoms with van der Waals surface area (Å²) >= 11 is 0. The van der Waals surface area contributed by atoms with Crippen molar-refractivity contribution in [2.45, 2.75) is 38.2 Å². The largest absolute Gasteiger partial charge is 0.390 e. The second-order valence-electron chi connectivity index (χ2n) is 3.86. The van der Waals surface area contributed by atoms with Gasteiger partial charge in [0.15, 0.2) is 0 Å². The van der Waals surface area contributed by atoms with E-state index in [1.807, 2.05) is 0 Å². The molecule has 52 valence electrons. The lowest BCUT2D eigenvalue weighted by molar-refractivity contribution is 0.117. The Hall–Kier alpha value is -0.0400. The van der Waals surface area contributed by atoms with Crippen molar-refractivity contribution in [3.63, 3.8) is 0 Å². The van der Waals surface area contributed by atoms with Crippen LogP contribution >= 0.6 is 0 Å². The van der Waals surface area contributed by atoms with Crippen LogP contribution in [0.3, 0.4) is 0 Å². The molecule has 2 aliphatic carbocycles. The first kappa shape index (κ1) is 5.72. The molecule has 1 N–H and O–H groups in total. The molecule has 9 heavy (non-hydrogen) atoms. The Labute approximate surface area is 56.1 Å². The molecule has 2 atom stereocenters. The maximum atomic E-state index is 9.61. The molecule has 0 aliphatic heterocycles. The third-order valence-electron chi connectivity index (χ3n) is 2.76. The van der Waals surface area contributed by atoms with Crippen molar-refractivity contribution >= 4 is 0 Å². The Balaban J connectivity index is 1.84. The molecule has 0 heterocycles. The second-order valence-corrected chi connectivity index (χ2v) is 3.86. The van der Waals surface area contributed by atoms with Crippen molar-refractivity contribution in [2.24, 2.45) is 11.8 Å². The molecule has 0 aromatic heterocycles. The van der Waals surface area contributed by atoms with E-state index in [0.717, 1.165) is 18.8 Å². The lowest BCUT2D eigenvalue weighted by Crippen LogP contribution is -2.10. The number of hydrogen-bond acceptors (Lipinski definition) is 1. The van der Waals surface area contributed by atoms with Crippen LogP contribution in [-0.4, -0.2) is 10.7 Å². The Kier molecular flexibility index (Phi) is 0.963. The van der Waals surface area contributed by atoms with Crippen LogP contribution in [0, 0.1) is 11.8 Å². The van der Waals surface area contributed by atoms with Crippen molar-refractivity contribution in [1.82, 2.24) is 0 Å². The highest BCUT2D eigenvalue weighted by Gasteiger charge is 2.51. The van der Waals surface area contributed by atoms with Gasteiger partial charge in [-0.25, -0.2) is 0 Å². The fourth-order valence-electron chi connectivity index (χ4n) is 1.58. The van der Waals surface area contributed by atoms with Gasteiger partial charge in [-0.3, -0.25) is 0 Å². The van der Waals surface area contributed by atoms with Gasteiger partial charge in [0.05, 0.1) is 5.60 Å². The molecule has 0 bridgehead atoms. The van der Waals surface area contributed by atoms with Gasteiger partial charge in [-0.05, 0) is 24.7 Å². The maximum absolute atomic E-state index is 9.61. The monoisotopic (exact) mass is 126 g/mol. The predicted molar refractivity (Wildman–Crippen MR) is 36.1 cm³/mol. The first-order valence-electron chi connectivity index (χ1n) is 3.93. The lowest BCUT2D eigenvalue weighted by Gasteiger charge is -2.05. The van der Waals surface area contributed by atoms with Crippen molar-refractivity contribution in [2.75, 3.05) is 0 Å². The standard InChI is InChI=1S/C8H14O/c1-6-4-8(6,9)5-7-2-3-7/h6-7,9H,2-5H2,1H3. The number of aliphatic hydroxyl groups is 1. The fourth-order valence-corrected chi connectivity index (χ4v) is 1.58. The molecule has 2 fully saturated rings. The van der Waals surface area contributed by atoms with Gasteiger partial charge in [-0.15, -0.1) is 0 Å². The summed E-state index contributed by atoms with van der Waals surface area (Å²) in [6.07, 6.45) is 4.89. The third-order valence-corrected chi connectivity index (χ3v) is 2.76. The molecule has 0 spiro atoms. The van der Waals surface area contributed by atoms with Crippen molar-refractivity contribution in [3.8, 4) is 0 Å². The van der Waals surface area contributed by atoms with Crippen molar-refractivity contribution in [1.29, 1.82) is 0 Å². The molecule has 2 rings (SSSR count). The Morgan fingerprint density at radius 2 is 2.11 bits per heavy atom. The van der Waals surface area contributed by atoms with E-state index in [0.29, 0.717) is 5.92 Å². The van der Waals surface area contributed by atoms with Crippen LogP contribution < -0.4 is 0 Å². The first-order valence-corrected chi connectivity index (χ1v) is 3.93. The molecular formula is C8H14O. The van der Waals surface area contributed by atoms with Gasteiger partial charge < -0.3 is 5.11 Å². The summed E-state index contributed by atoms with van der Waals surface area (Å²) in [4.78, 5) is 0. The number of hydrogen-bond donors (Lipinski definition) is 1. The molecule has 1 nitrogen and oxygen atoms in total. The molecule has 2 aliphatic rings. The van der Waals surface area contributed by atoms with Gasteiger partial charge in [0.25, 0.3) is 0 Å². The second kappa shape index (κ2) is 1.51. The highest BCUT2D eigenvalue weighted by atomic mass is 16.3. The van der Waals surface area contributed by atoms with E-state index < -0.39 is 0 Å². The van der Waals surface area contributed by atoms with Crippen LogP contribution in [0.2, 0.25) is 0 Å². The molecule has 0 aromatic carbocycles. The normalized spacial score (nSPS) is 49.3. The highest BCUT2D eigenvalue weighted by Crippen LogP contribution is 2.51. The van der Waals surface area contributed by atoms with Crippen LogP contribution in [0.4, 0.5) is 0 Å². The van der Waals surface area contributed by atoms with E-state index in [1.165, 1.54) is 12.8 Å². The average Bonchev–Trinajstić information content (AvgIpc) is 2.56. The molecule has 0 saturated heterocycles. The van der Waals surface area contributed by atoms with Crippen LogP contribution in [0.5, 0.6) is 0 Å². The van der Waals surface area contributed by atoms with Crippen LogP contribution in [0.25, 0.3) is 0 Å². The van der Waals surface area contributed by atoms with Gasteiger partial charge >= 0.3 is 0 Å². The molecule has 0 radical (unpaired) electrons. The Morgan fingerprint density at radius 1 is 1.56 bits per heavy atom. The first-order chi connectivity index (χ1) is 4.21. The van der Waals surface area contributed by atoms with Crippen molar-refractivity contribution in [3.05, 3.63) is 0 Å². The van der Waals surface area contributed by atoms with E-state index >= 15 is 0 Å². The Morgan fingerprint density at radius 3 is 2.44 bits per heavy atom. The minimum absolute atomic E-state index is 0.207. The fraction of sp³-hybridized carbons (Fsp3) is 1.00. The van der Waals surface area contributed by atoms with Crippen molar-refractivity contribution < 1.29 is 5.11 Å². The zero-order valence-electron chi connectivity index (χ0n) is 5.93. The predicted octanol–water partition coefficient (Wildman–Crippen LogP) is 1.56. The quantitative estimate of drug-likeness (QED) is 0.595. The van der Waals surface area contributed by atoms with E-state index in [9.17, 15) is 5.11 Å². The highest BCUT2D eigenvalue weighted by molar-refractivity contribution is 5.03. The molecule has 0 amide bonds. The zero-order chi connectivity index (χ0) is 6.48. The van der Waals surface area contributed by atoms with Gasteiger partial charge in [0.1, 0.15) is 0 Å². The van der Waals surface area contributed by atoms with E-state index in [-0.39, 0.29) is 5.60 Å². The van der Waals surface area contributed by atoms with Crippen LogP contribution in [0.15, 0.2) is 0 Å². The van der Waals surface area contributed by atoms with Gasteiger partial charge in [0.2, 0.25) is 0 Å². The summed E-state index contributed by atoms with van der Waals surface area (Å²) in [6, 6.07) is 0. The molecule has 1 heteroatoms. The van der Waals surface area contributed by atoms with Crippen LogP contribution in [-0.2, 0) is 0 Å². The molecular weight excluding hydrogens is 112 g/mol. The van der Waals surface area contributed by atoms with E-state index in [1.54, 1.807) is 0 Å². The van der Waals surface area contributed by atoms with E-state index in [4.69, 9.17) is 0 Å². The summed E-state index contributed by atoms with van der Waals surface area (Å²) in [5.74, 6) is 1.48. The smallest absolute Gasteiger partial charge is 0.0680 e. The van der Waals surface area contributed by atoms with E-state index in [2.05, 4.69) is 6.92 Å². The summed E-state index contributed by atoms with van der Waals surface area (Å²) < 4.78 is 0. The molecule has 2 saturated carbocycles. The van der Waals surface area contributed by atoms with Gasteiger partial charge in [-0.1, -0.05) is 19.8 Å². The average molecular weight is 126 g/mol. The molecule has 0 aromatic rings. The summed E-state index contributed by atoms with van der Waals surface area (Å²) in [7, 11) is 0. The summed E-state index contributed by atoms with van der Waals surface area (Å²) in [5.41, 5.74) is -0.207. The zero-order valence-corrected chi connectivity index (χ0v) is 5.93. The lowest BCUT2D eigenvalue weighted by atomic mass is 10.1. The van der Waals surface area contributed by atoms with Crippen LogP contribution in [0.1, 0.15) is 32.6 Å². The Bertz CT molecular complexity index is 129. The maximum Gasteiger partial charge on any atom is 0.0680 e. The summed E-state index contributed by atoms with van der Waals surface area (Å²) in [6.45, 7) is 2.14. The summed E-state index contributed by atoms with van der Waals surface area (Å²) in [5, 5.41) is 9.61. The third kappa shape index (κ3) is 0.983. The minimum atomic E-state index is -0.207. The van der Waals surface area contributed by atoms with Gasteiger partial charge in [0, 0.05) is 0 Å². The molecule has 2 unspecified atom stereocenters. The minimum Gasteiger partial charge on any atom is -0.390 e. The number of rotatable bonds is 2. The SMILES string of the molecule is CC1CC1(O)CC1CC1. The topological polar surface area (TPSA) is 20.2 Å².